The van der Waals surface area contributed by atoms with E-state index in [0.717, 1.165) is 0 Å². The predicted octanol–water partition coefficient (Wildman–Crippen LogP) is 4.95. The predicted molar refractivity (Wildman–Crippen MR) is 116 cm³/mol. The average Bonchev–Trinajstić information content (AvgIpc) is 2.80. The summed E-state index contributed by atoms with van der Waals surface area (Å²) < 4.78 is 11.2. The number of carbonyl (C=O) groups excluding carboxylic acids is 1. The number of ether oxygens (including phenoxy) is 2. The monoisotopic (exact) mass is 411 g/mol. The van der Waals surface area contributed by atoms with Crippen LogP contribution in [0.15, 0.2) is 73.1 Å². The molecule has 2 amide bonds. The molecule has 4 rings (SSSR count). The van der Waals surface area contributed by atoms with Crippen molar-refractivity contribution in [1.29, 1.82) is 5.26 Å². The number of hydrogen-bond acceptors (Lipinski definition) is 6. The minimum atomic E-state index is -0.398. The Morgan fingerprint density at radius 2 is 1.81 bits per heavy atom. The van der Waals surface area contributed by atoms with Crippen molar-refractivity contribution in [1.82, 2.24) is 9.97 Å². The van der Waals surface area contributed by atoms with E-state index in [1.54, 1.807) is 73.1 Å². The summed E-state index contributed by atoms with van der Waals surface area (Å²) in [5, 5.41) is 15.4. The fourth-order valence-corrected chi connectivity index (χ4v) is 2.94. The number of nitrogens with zero attached hydrogens (tertiary/aromatic N) is 3. The van der Waals surface area contributed by atoms with E-state index in [9.17, 15) is 10.1 Å². The maximum Gasteiger partial charge on any atom is 0.324 e. The Kier molecular flexibility index (Phi) is 5.58. The highest BCUT2D eigenvalue weighted by Gasteiger charge is 2.11. The second-order valence-electron chi connectivity index (χ2n) is 6.41. The molecule has 4 aromatic rings. The number of fused-ring (bicyclic) bond motifs is 1. The first-order chi connectivity index (χ1) is 15.2. The van der Waals surface area contributed by atoms with Gasteiger partial charge in [0.2, 0.25) is 0 Å². The maximum atomic E-state index is 12.1. The fraction of sp³-hybridized carbons (Fsp3) is 0.0435. The first-order valence-electron chi connectivity index (χ1n) is 9.30. The van der Waals surface area contributed by atoms with E-state index in [0.29, 0.717) is 45.2 Å². The Bertz CT molecular complexity index is 1270. The number of hydrogen-bond donors (Lipinski definition) is 2. The zero-order chi connectivity index (χ0) is 21.6. The summed E-state index contributed by atoms with van der Waals surface area (Å²) in [5.74, 6) is 2.03. The van der Waals surface area contributed by atoms with Gasteiger partial charge in [-0.1, -0.05) is 6.07 Å². The van der Waals surface area contributed by atoms with Crippen LogP contribution >= 0.6 is 0 Å². The van der Waals surface area contributed by atoms with Gasteiger partial charge in [0, 0.05) is 29.5 Å². The molecule has 0 saturated carbocycles. The molecular formula is C23H17N5O3. The van der Waals surface area contributed by atoms with Crippen LogP contribution < -0.4 is 20.1 Å². The van der Waals surface area contributed by atoms with Crippen molar-refractivity contribution in [3.05, 3.63) is 78.6 Å². The van der Waals surface area contributed by atoms with Crippen LogP contribution in [-0.4, -0.2) is 23.1 Å². The second kappa shape index (κ2) is 8.80. The molecule has 0 bridgehead atoms. The quantitative estimate of drug-likeness (QED) is 0.481. The standard InChI is InChI=1S/C23H17N5O3/c1-30-21-13-19-18(12-15(21)14-24)20(9-11-25-19)31-17-7-5-16(6-8-17)27-23(29)28-22-4-2-3-10-26-22/h2-13H,1H3,(H2,26,27,28,29). The Morgan fingerprint density at radius 3 is 2.52 bits per heavy atom. The molecule has 0 radical (unpaired) electrons. The lowest BCUT2D eigenvalue weighted by molar-refractivity contribution is 0.262. The molecule has 0 fully saturated rings. The Balaban J connectivity index is 1.49. The zero-order valence-electron chi connectivity index (χ0n) is 16.5. The number of methoxy groups -OCH3 is 1. The van der Waals surface area contributed by atoms with E-state index in [1.165, 1.54) is 7.11 Å². The van der Waals surface area contributed by atoms with E-state index in [-0.39, 0.29) is 0 Å². The zero-order valence-corrected chi connectivity index (χ0v) is 16.5. The van der Waals surface area contributed by atoms with E-state index in [2.05, 4.69) is 26.7 Å². The Labute approximate surface area is 178 Å². The van der Waals surface area contributed by atoms with Crippen LogP contribution in [0.5, 0.6) is 17.2 Å². The fourth-order valence-electron chi connectivity index (χ4n) is 2.94. The van der Waals surface area contributed by atoms with Crippen LogP contribution in [0, 0.1) is 11.3 Å². The van der Waals surface area contributed by atoms with Crippen molar-refractivity contribution in [2.45, 2.75) is 0 Å². The summed E-state index contributed by atoms with van der Waals surface area (Å²) in [7, 11) is 1.51. The molecule has 0 atom stereocenters. The van der Waals surface area contributed by atoms with Crippen LogP contribution in [0.2, 0.25) is 0 Å². The summed E-state index contributed by atoms with van der Waals surface area (Å²) in [6, 6.07) is 19.0. The highest BCUT2D eigenvalue weighted by molar-refractivity contribution is 5.99. The molecule has 2 aromatic heterocycles. The third kappa shape index (κ3) is 4.52. The van der Waals surface area contributed by atoms with E-state index in [1.807, 2.05) is 0 Å². The van der Waals surface area contributed by atoms with Gasteiger partial charge in [0.15, 0.2) is 0 Å². The molecule has 0 unspecified atom stereocenters. The van der Waals surface area contributed by atoms with Gasteiger partial charge in [-0.2, -0.15) is 5.26 Å². The van der Waals surface area contributed by atoms with Crippen LogP contribution in [0.3, 0.4) is 0 Å². The number of aromatic nitrogens is 2. The molecule has 8 nitrogen and oxygen atoms in total. The third-order valence-electron chi connectivity index (χ3n) is 4.39. The van der Waals surface area contributed by atoms with Gasteiger partial charge in [-0.3, -0.25) is 10.3 Å². The smallest absolute Gasteiger partial charge is 0.324 e. The van der Waals surface area contributed by atoms with E-state index < -0.39 is 6.03 Å². The normalized spacial score (nSPS) is 10.2. The number of carbonyl (C=O) groups is 1. The van der Waals surface area contributed by atoms with Gasteiger partial charge in [-0.15, -0.1) is 0 Å². The number of amides is 2. The van der Waals surface area contributed by atoms with Gasteiger partial charge in [0.1, 0.15) is 29.1 Å². The minimum absolute atomic E-state index is 0.395. The second-order valence-corrected chi connectivity index (χ2v) is 6.41. The molecule has 8 heteroatoms. The number of rotatable bonds is 5. The summed E-state index contributed by atoms with van der Waals surface area (Å²) in [5.41, 5.74) is 1.64. The lowest BCUT2D eigenvalue weighted by atomic mass is 10.1. The number of benzene rings is 2. The van der Waals surface area contributed by atoms with E-state index >= 15 is 0 Å². The third-order valence-corrected chi connectivity index (χ3v) is 4.39. The highest BCUT2D eigenvalue weighted by atomic mass is 16.5. The van der Waals surface area contributed by atoms with Crippen LogP contribution in [0.4, 0.5) is 16.3 Å². The summed E-state index contributed by atoms with van der Waals surface area (Å²) in [4.78, 5) is 20.4. The lowest BCUT2D eigenvalue weighted by Gasteiger charge is -2.11. The average molecular weight is 411 g/mol. The van der Waals surface area contributed by atoms with Crippen LogP contribution in [-0.2, 0) is 0 Å². The molecule has 0 aliphatic carbocycles. The van der Waals surface area contributed by atoms with Gasteiger partial charge in [-0.05, 0) is 48.5 Å². The van der Waals surface area contributed by atoms with Gasteiger partial charge in [0.25, 0.3) is 0 Å². The molecule has 0 saturated heterocycles. The first-order valence-corrected chi connectivity index (χ1v) is 9.30. The molecule has 2 aromatic carbocycles. The summed E-state index contributed by atoms with van der Waals surface area (Å²) in [6.07, 6.45) is 3.22. The molecule has 31 heavy (non-hydrogen) atoms. The van der Waals surface area contributed by atoms with Gasteiger partial charge in [0.05, 0.1) is 18.2 Å². The Hall–Kier alpha value is -4.64. The van der Waals surface area contributed by atoms with Crippen molar-refractivity contribution < 1.29 is 14.3 Å². The highest BCUT2D eigenvalue weighted by Crippen LogP contribution is 2.33. The minimum Gasteiger partial charge on any atom is -0.495 e. The largest absolute Gasteiger partial charge is 0.495 e. The Morgan fingerprint density at radius 1 is 0.968 bits per heavy atom. The van der Waals surface area contributed by atoms with Crippen molar-refractivity contribution in [3.63, 3.8) is 0 Å². The lowest BCUT2D eigenvalue weighted by Crippen LogP contribution is -2.19. The van der Waals surface area contributed by atoms with Crippen LogP contribution in [0.25, 0.3) is 10.9 Å². The van der Waals surface area contributed by atoms with Crippen LogP contribution in [0.1, 0.15) is 5.56 Å². The molecule has 2 heterocycles. The molecule has 0 spiro atoms. The summed E-state index contributed by atoms with van der Waals surface area (Å²) >= 11 is 0. The van der Waals surface area contributed by atoms with Gasteiger partial charge in [-0.25, -0.2) is 9.78 Å². The molecule has 0 aliphatic heterocycles. The summed E-state index contributed by atoms with van der Waals surface area (Å²) in [6.45, 7) is 0. The number of pyridine rings is 2. The molecule has 2 N–H and O–H groups in total. The molecular weight excluding hydrogens is 394 g/mol. The molecule has 152 valence electrons. The first kappa shape index (κ1) is 19.7. The van der Waals surface area contributed by atoms with Gasteiger partial charge >= 0.3 is 6.03 Å². The van der Waals surface area contributed by atoms with Crippen molar-refractivity contribution in [2.75, 3.05) is 17.7 Å². The SMILES string of the molecule is COc1cc2nccc(Oc3ccc(NC(=O)Nc4ccccn4)cc3)c2cc1C#N. The van der Waals surface area contributed by atoms with Gasteiger partial charge < -0.3 is 14.8 Å². The maximum absolute atomic E-state index is 12.1. The molecule has 0 aliphatic rings. The number of urea groups is 1. The number of nitrogens with one attached hydrogen (secondary N) is 2. The number of nitriles is 1. The van der Waals surface area contributed by atoms with E-state index in [4.69, 9.17) is 9.47 Å². The van der Waals surface area contributed by atoms with Crippen molar-refractivity contribution in [3.8, 4) is 23.3 Å². The topological polar surface area (TPSA) is 109 Å². The van der Waals surface area contributed by atoms with Crippen molar-refractivity contribution >= 4 is 28.4 Å². The number of anilines is 2. The van der Waals surface area contributed by atoms with Crippen molar-refractivity contribution in [2.24, 2.45) is 0 Å².